The average Bonchev–Trinajstić information content (AvgIpc) is 3.17. The number of benzene rings is 2. The van der Waals surface area contributed by atoms with E-state index in [1.165, 1.54) is 49.6 Å². The topological polar surface area (TPSA) is 84.3 Å². The molecule has 0 atom stereocenters. The van der Waals surface area contributed by atoms with E-state index in [-0.39, 0.29) is 28.5 Å². The van der Waals surface area contributed by atoms with Crippen LogP contribution in [0, 0.1) is 5.82 Å². The molecular formula is C19H17F3N4O3S. The minimum atomic E-state index is -4.16. The van der Waals surface area contributed by atoms with E-state index in [9.17, 15) is 26.4 Å². The number of hydrogen-bond donors (Lipinski definition) is 1. The van der Waals surface area contributed by atoms with Crippen LogP contribution in [0.15, 0.2) is 65.8 Å². The van der Waals surface area contributed by atoms with E-state index in [4.69, 9.17) is 0 Å². The Balaban J connectivity index is 1.81. The molecule has 7 nitrogen and oxygen atoms in total. The van der Waals surface area contributed by atoms with Gasteiger partial charge in [-0.25, -0.2) is 17.8 Å². The summed E-state index contributed by atoms with van der Waals surface area (Å²) in [5.41, 5.74) is -0.214. The summed E-state index contributed by atoms with van der Waals surface area (Å²) in [6.07, 6.45) is 2.29. The Labute approximate surface area is 170 Å². The predicted octanol–water partition coefficient (Wildman–Crippen LogP) is 3.49. The van der Waals surface area contributed by atoms with E-state index >= 15 is 0 Å². The molecule has 0 unspecified atom stereocenters. The highest BCUT2D eigenvalue weighted by atomic mass is 32.2. The van der Waals surface area contributed by atoms with Gasteiger partial charge in [0, 0.05) is 25.0 Å². The van der Waals surface area contributed by atoms with Crippen LogP contribution in [0.1, 0.15) is 22.7 Å². The van der Waals surface area contributed by atoms with Gasteiger partial charge in [-0.15, -0.1) is 0 Å². The number of para-hydroxylation sites is 1. The van der Waals surface area contributed by atoms with Gasteiger partial charge in [-0.1, -0.05) is 18.2 Å². The number of halogens is 3. The van der Waals surface area contributed by atoms with E-state index in [1.807, 2.05) is 0 Å². The molecule has 1 heterocycles. The van der Waals surface area contributed by atoms with Crippen LogP contribution >= 0.6 is 0 Å². The van der Waals surface area contributed by atoms with Gasteiger partial charge in [-0.3, -0.25) is 14.1 Å². The van der Waals surface area contributed by atoms with E-state index in [1.54, 1.807) is 0 Å². The minimum Gasteiger partial charge on any atom is -0.334 e. The van der Waals surface area contributed by atoms with Crippen molar-refractivity contribution in [3.63, 3.8) is 0 Å². The summed E-state index contributed by atoms with van der Waals surface area (Å²) >= 11 is 0. The zero-order valence-electron chi connectivity index (χ0n) is 15.7. The first-order valence-electron chi connectivity index (χ1n) is 8.62. The molecule has 30 heavy (non-hydrogen) atoms. The highest BCUT2D eigenvalue weighted by molar-refractivity contribution is 7.92. The number of carbonyl (C=O) groups is 1. The molecule has 0 saturated carbocycles. The summed E-state index contributed by atoms with van der Waals surface area (Å²) in [4.78, 5) is 17.4. The van der Waals surface area contributed by atoms with Crippen LogP contribution in [-0.4, -0.2) is 35.8 Å². The molecule has 2 aromatic carbocycles. The number of nitrogens with zero attached hydrogens (tertiary/aromatic N) is 3. The maximum absolute atomic E-state index is 13.8. The number of rotatable bonds is 7. The van der Waals surface area contributed by atoms with Gasteiger partial charge >= 0.3 is 6.55 Å². The lowest BCUT2D eigenvalue weighted by Crippen LogP contribution is -2.28. The second kappa shape index (κ2) is 8.57. The number of amides is 1. The Kier molecular flexibility index (Phi) is 6.11. The van der Waals surface area contributed by atoms with Crippen molar-refractivity contribution in [1.82, 2.24) is 14.5 Å². The number of imidazole rings is 1. The second-order valence-electron chi connectivity index (χ2n) is 6.30. The van der Waals surface area contributed by atoms with Crippen molar-refractivity contribution in [3.8, 4) is 0 Å². The molecule has 0 aliphatic heterocycles. The van der Waals surface area contributed by atoms with Crippen LogP contribution in [0.25, 0.3) is 0 Å². The van der Waals surface area contributed by atoms with E-state index in [0.717, 1.165) is 23.2 Å². The van der Waals surface area contributed by atoms with E-state index in [2.05, 4.69) is 9.71 Å². The molecule has 0 aliphatic rings. The quantitative estimate of drug-likeness (QED) is 0.612. The maximum atomic E-state index is 13.8. The molecule has 3 aromatic rings. The summed E-state index contributed by atoms with van der Waals surface area (Å²) in [6.45, 7) is -3.01. The average molecular weight is 438 g/mol. The van der Waals surface area contributed by atoms with Crippen LogP contribution in [0.5, 0.6) is 0 Å². The van der Waals surface area contributed by atoms with Crippen LogP contribution < -0.4 is 4.72 Å². The van der Waals surface area contributed by atoms with Gasteiger partial charge in [0.1, 0.15) is 11.6 Å². The van der Waals surface area contributed by atoms with Gasteiger partial charge in [-0.2, -0.15) is 8.78 Å². The molecule has 3 rings (SSSR count). The second-order valence-corrected chi connectivity index (χ2v) is 7.99. The first-order valence-corrected chi connectivity index (χ1v) is 10.1. The van der Waals surface area contributed by atoms with Crippen molar-refractivity contribution < 1.29 is 26.4 Å². The zero-order chi connectivity index (χ0) is 21.9. The molecule has 0 saturated heterocycles. The minimum absolute atomic E-state index is 0.0176. The summed E-state index contributed by atoms with van der Waals surface area (Å²) in [5.74, 6) is -1.37. The molecular weight excluding hydrogens is 421 g/mol. The summed E-state index contributed by atoms with van der Waals surface area (Å²) in [7, 11) is -2.78. The maximum Gasteiger partial charge on any atom is 0.319 e. The monoisotopic (exact) mass is 438 g/mol. The van der Waals surface area contributed by atoms with Gasteiger partial charge in [0.05, 0.1) is 17.1 Å². The summed E-state index contributed by atoms with van der Waals surface area (Å²) < 4.78 is 67.6. The van der Waals surface area contributed by atoms with E-state index < -0.39 is 28.3 Å². The number of alkyl halides is 2. The molecule has 0 aliphatic carbocycles. The fourth-order valence-electron chi connectivity index (χ4n) is 2.69. The number of carbonyl (C=O) groups excluding carboxylic acids is 1. The fourth-order valence-corrected chi connectivity index (χ4v) is 3.81. The van der Waals surface area contributed by atoms with Crippen molar-refractivity contribution >= 4 is 21.6 Å². The number of anilines is 1. The Morgan fingerprint density at radius 1 is 1.20 bits per heavy atom. The van der Waals surface area contributed by atoms with Gasteiger partial charge in [-0.05, 0) is 30.3 Å². The first kappa shape index (κ1) is 21.4. The molecule has 158 valence electrons. The lowest BCUT2D eigenvalue weighted by atomic mass is 10.2. The summed E-state index contributed by atoms with van der Waals surface area (Å²) in [6, 6.07) is 10.4. The van der Waals surface area contributed by atoms with Crippen molar-refractivity contribution in [2.24, 2.45) is 0 Å². The Bertz CT molecular complexity index is 1170. The third-order valence-corrected chi connectivity index (χ3v) is 5.56. The number of aromatic nitrogens is 2. The normalized spacial score (nSPS) is 11.5. The molecule has 11 heteroatoms. The first-order chi connectivity index (χ1) is 14.2. The predicted molar refractivity (Wildman–Crippen MR) is 103 cm³/mol. The van der Waals surface area contributed by atoms with Crippen molar-refractivity contribution in [1.29, 1.82) is 0 Å². The number of sulfonamides is 1. The van der Waals surface area contributed by atoms with Gasteiger partial charge < -0.3 is 4.90 Å². The highest BCUT2D eigenvalue weighted by Crippen LogP contribution is 2.20. The largest absolute Gasteiger partial charge is 0.334 e. The summed E-state index contributed by atoms with van der Waals surface area (Å²) in [5, 5.41) is 0. The Morgan fingerprint density at radius 3 is 2.63 bits per heavy atom. The molecule has 1 amide bonds. The zero-order valence-corrected chi connectivity index (χ0v) is 16.5. The number of nitrogens with one attached hydrogen (secondary N) is 1. The highest BCUT2D eigenvalue weighted by Gasteiger charge is 2.21. The van der Waals surface area contributed by atoms with Crippen LogP contribution in [0.4, 0.5) is 18.9 Å². The molecule has 0 fully saturated rings. The van der Waals surface area contributed by atoms with Crippen LogP contribution in [0.3, 0.4) is 0 Å². The lowest BCUT2D eigenvalue weighted by molar-refractivity contribution is 0.0612. The molecule has 0 spiro atoms. The van der Waals surface area contributed by atoms with Crippen LogP contribution in [0.2, 0.25) is 0 Å². The smallest absolute Gasteiger partial charge is 0.319 e. The lowest BCUT2D eigenvalue weighted by Gasteiger charge is -2.18. The van der Waals surface area contributed by atoms with Crippen molar-refractivity contribution in [2.45, 2.75) is 18.0 Å². The molecule has 1 N–H and O–H groups in total. The third kappa shape index (κ3) is 4.62. The van der Waals surface area contributed by atoms with Gasteiger partial charge in [0.15, 0.2) is 0 Å². The Hall–Kier alpha value is -3.34. The third-order valence-electron chi connectivity index (χ3n) is 4.19. The van der Waals surface area contributed by atoms with Crippen molar-refractivity contribution in [3.05, 3.63) is 78.1 Å². The van der Waals surface area contributed by atoms with Gasteiger partial charge in [0.2, 0.25) is 0 Å². The SMILES string of the molecule is CN(Cc1nccn1C(F)F)C(=O)c1cccc(S(=O)(=O)Nc2ccccc2F)c1. The molecule has 0 bridgehead atoms. The Morgan fingerprint density at radius 2 is 1.93 bits per heavy atom. The fraction of sp³-hybridized carbons (Fsp3) is 0.158. The standard InChI is InChI=1S/C19H17F3N4O3S/c1-25(12-17-23-9-10-26(17)19(21)22)18(27)13-5-4-6-14(11-13)30(28,29)24-16-8-3-2-7-15(16)20/h2-11,19,24H,12H2,1H3. The molecule has 1 aromatic heterocycles. The van der Waals surface area contributed by atoms with E-state index in [0.29, 0.717) is 4.57 Å². The number of hydrogen-bond acceptors (Lipinski definition) is 4. The molecule has 0 radical (unpaired) electrons. The van der Waals surface area contributed by atoms with Crippen LogP contribution in [-0.2, 0) is 16.6 Å². The van der Waals surface area contributed by atoms with Gasteiger partial charge in [0.25, 0.3) is 15.9 Å². The van der Waals surface area contributed by atoms with Crippen molar-refractivity contribution in [2.75, 3.05) is 11.8 Å².